The van der Waals surface area contributed by atoms with Crippen LogP contribution in [0.1, 0.15) is 13.8 Å². The van der Waals surface area contributed by atoms with Crippen LogP contribution in [0.3, 0.4) is 0 Å². The van der Waals surface area contributed by atoms with E-state index in [1.54, 1.807) is 37.3 Å². The molecule has 1 amide bonds. The Morgan fingerprint density at radius 3 is 2.45 bits per heavy atom. The topological polar surface area (TPSA) is 47.6 Å². The predicted octanol–water partition coefficient (Wildman–Crippen LogP) is 3.63. The molecule has 2 aromatic rings. The number of carbonyl (C=O) groups is 1. The Bertz CT molecular complexity index is 645. The SMILES string of the molecule is CCOc1ccccc1NC(=O)[C@@H](C)Oc1ccccc1F. The molecule has 0 aliphatic rings. The van der Waals surface area contributed by atoms with Crippen LogP contribution in [0, 0.1) is 5.82 Å². The van der Waals surface area contributed by atoms with Crippen molar-refractivity contribution in [3.63, 3.8) is 0 Å². The minimum atomic E-state index is -0.841. The maximum absolute atomic E-state index is 13.5. The zero-order valence-electron chi connectivity index (χ0n) is 12.5. The summed E-state index contributed by atoms with van der Waals surface area (Å²) >= 11 is 0. The molecule has 1 atom stereocenters. The van der Waals surface area contributed by atoms with Crippen LogP contribution in [0.5, 0.6) is 11.5 Å². The molecule has 2 rings (SSSR count). The fraction of sp³-hybridized carbons (Fsp3) is 0.235. The fourth-order valence-electron chi connectivity index (χ4n) is 1.87. The van der Waals surface area contributed by atoms with Gasteiger partial charge in [0, 0.05) is 0 Å². The quantitative estimate of drug-likeness (QED) is 0.886. The number of benzene rings is 2. The second-order valence-corrected chi connectivity index (χ2v) is 4.61. The van der Waals surface area contributed by atoms with Gasteiger partial charge < -0.3 is 14.8 Å². The predicted molar refractivity (Wildman–Crippen MR) is 82.7 cm³/mol. The van der Waals surface area contributed by atoms with Crippen LogP contribution >= 0.6 is 0 Å². The van der Waals surface area contributed by atoms with Crippen molar-refractivity contribution in [3.05, 3.63) is 54.3 Å². The lowest BCUT2D eigenvalue weighted by Crippen LogP contribution is -2.30. The number of amides is 1. The maximum atomic E-state index is 13.5. The first-order valence-corrected chi connectivity index (χ1v) is 7.05. The number of hydrogen-bond acceptors (Lipinski definition) is 3. The molecular weight excluding hydrogens is 285 g/mol. The summed E-state index contributed by atoms with van der Waals surface area (Å²) in [5.74, 6) is -0.257. The molecule has 0 fully saturated rings. The minimum absolute atomic E-state index is 0.0447. The second kappa shape index (κ2) is 7.45. The summed E-state index contributed by atoms with van der Waals surface area (Å²) in [6.45, 7) is 3.92. The Balaban J connectivity index is 2.04. The van der Waals surface area contributed by atoms with E-state index in [0.717, 1.165) is 0 Å². The monoisotopic (exact) mass is 303 g/mol. The lowest BCUT2D eigenvalue weighted by Gasteiger charge is -2.16. The molecule has 0 bridgehead atoms. The van der Waals surface area contributed by atoms with E-state index in [9.17, 15) is 9.18 Å². The summed E-state index contributed by atoms with van der Waals surface area (Å²) in [4.78, 5) is 12.2. The van der Waals surface area contributed by atoms with Gasteiger partial charge in [-0.2, -0.15) is 0 Å². The highest BCUT2D eigenvalue weighted by atomic mass is 19.1. The maximum Gasteiger partial charge on any atom is 0.265 e. The van der Waals surface area contributed by atoms with Gasteiger partial charge in [0.15, 0.2) is 17.7 Å². The van der Waals surface area contributed by atoms with Crippen LogP contribution < -0.4 is 14.8 Å². The first-order chi connectivity index (χ1) is 10.6. The summed E-state index contributed by atoms with van der Waals surface area (Å²) < 4.78 is 24.3. The molecule has 0 spiro atoms. The average molecular weight is 303 g/mol. The molecule has 5 heteroatoms. The first-order valence-electron chi connectivity index (χ1n) is 7.05. The molecule has 0 aliphatic heterocycles. The zero-order chi connectivity index (χ0) is 15.9. The van der Waals surface area contributed by atoms with E-state index in [4.69, 9.17) is 9.47 Å². The molecule has 0 saturated heterocycles. The normalized spacial score (nSPS) is 11.6. The number of ether oxygens (including phenoxy) is 2. The molecule has 0 radical (unpaired) electrons. The van der Waals surface area contributed by atoms with Gasteiger partial charge in [-0.1, -0.05) is 24.3 Å². The van der Waals surface area contributed by atoms with Crippen molar-refractivity contribution in [1.82, 2.24) is 0 Å². The first kappa shape index (κ1) is 15.8. The van der Waals surface area contributed by atoms with Crippen molar-refractivity contribution in [1.29, 1.82) is 0 Å². The van der Waals surface area contributed by atoms with Gasteiger partial charge in [-0.25, -0.2) is 4.39 Å². The van der Waals surface area contributed by atoms with Gasteiger partial charge in [-0.3, -0.25) is 4.79 Å². The van der Waals surface area contributed by atoms with Gasteiger partial charge in [-0.05, 0) is 38.1 Å². The molecule has 116 valence electrons. The standard InChI is InChI=1S/C17H18FNO3/c1-3-21-16-11-7-5-9-14(16)19-17(20)12(2)22-15-10-6-4-8-13(15)18/h4-12H,3H2,1-2H3,(H,19,20)/t12-/m1/s1. The van der Waals surface area contributed by atoms with Crippen LogP contribution in [0.25, 0.3) is 0 Å². The van der Waals surface area contributed by atoms with Crippen LogP contribution in [-0.2, 0) is 4.79 Å². The summed E-state index contributed by atoms with van der Waals surface area (Å²) in [7, 11) is 0. The van der Waals surface area contributed by atoms with Crippen molar-refractivity contribution in [2.24, 2.45) is 0 Å². The van der Waals surface area contributed by atoms with Crippen molar-refractivity contribution >= 4 is 11.6 Å². The number of rotatable bonds is 6. The Hall–Kier alpha value is -2.56. The molecule has 0 aromatic heterocycles. The minimum Gasteiger partial charge on any atom is -0.492 e. The Kier molecular flexibility index (Phi) is 5.36. The summed E-state index contributed by atoms with van der Waals surface area (Å²) in [5, 5.41) is 2.72. The van der Waals surface area contributed by atoms with Gasteiger partial charge >= 0.3 is 0 Å². The number of nitrogens with one attached hydrogen (secondary N) is 1. The van der Waals surface area contributed by atoms with E-state index in [1.165, 1.54) is 12.1 Å². The van der Waals surface area contributed by atoms with Crippen molar-refractivity contribution in [2.45, 2.75) is 20.0 Å². The highest BCUT2D eigenvalue weighted by Crippen LogP contribution is 2.24. The molecule has 1 N–H and O–H groups in total. The number of hydrogen-bond donors (Lipinski definition) is 1. The second-order valence-electron chi connectivity index (χ2n) is 4.61. The fourth-order valence-corrected chi connectivity index (χ4v) is 1.87. The van der Waals surface area contributed by atoms with Crippen molar-refractivity contribution in [3.8, 4) is 11.5 Å². The number of halogens is 1. The average Bonchev–Trinajstić information content (AvgIpc) is 2.51. The summed E-state index contributed by atoms with van der Waals surface area (Å²) in [5.41, 5.74) is 0.554. The van der Waals surface area contributed by atoms with E-state index in [2.05, 4.69) is 5.32 Å². The summed E-state index contributed by atoms with van der Waals surface area (Å²) in [6, 6.07) is 13.1. The molecule has 4 nitrogen and oxygen atoms in total. The van der Waals surface area contributed by atoms with Crippen LogP contribution in [0.2, 0.25) is 0 Å². The molecule has 22 heavy (non-hydrogen) atoms. The van der Waals surface area contributed by atoms with Crippen LogP contribution in [0.15, 0.2) is 48.5 Å². The van der Waals surface area contributed by atoms with Gasteiger partial charge in [0.2, 0.25) is 0 Å². The van der Waals surface area contributed by atoms with Gasteiger partial charge in [0.05, 0.1) is 12.3 Å². The Morgan fingerprint density at radius 2 is 1.77 bits per heavy atom. The van der Waals surface area contributed by atoms with Crippen molar-refractivity contribution < 1.29 is 18.7 Å². The smallest absolute Gasteiger partial charge is 0.265 e. The van der Waals surface area contributed by atoms with E-state index >= 15 is 0 Å². The zero-order valence-corrected chi connectivity index (χ0v) is 12.5. The van der Waals surface area contributed by atoms with Crippen LogP contribution in [-0.4, -0.2) is 18.6 Å². The van der Waals surface area contributed by atoms with E-state index in [-0.39, 0.29) is 11.7 Å². The third kappa shape index (κ3) is 3.97. The van der Waals surface area contributed by atoms with Gasteiger partial charge in [0.1, 0.15) is 5.75 Å². The van der Waals surface area contributed by atoms with Gasteiger partial charge in [-0.15, -0.1) is 0 Å². The third-order valence-corrected chi connectivity index (χ3v) is 2.95. The van der Waals surface area contributed by atoms with E-state index in [0.29, 0.717) is 18.0 Å². The third-order valence-electron chi connectivity index (χ3n) is 2.95. The summed E-state index contributed by atoms with van der Waals surface area (Å²) in [6.07, 6.45) is -0.841. The molecule has 0 aliphatic carbocycles. The Labute approximate surface area is 128 Å². The van der Waals surface area contributed by atoms with E-state index in [1.807, 2.05) is 13.0 Å². The number of anilines is 1. The van der Waals surface area contributed by atoms with Crippen molar-refractivity contribution in [2.75, 3.05) is 11.9 Å². The van der Waals surface area contributed by atoms with E-state index < -0.39 is 11.9 Å². The molecular formula is C17H18FNO3. The molecule has 0 unspecified atom stereocenters. The number of para-hydroxylation sites is 3. The molecule has 0 heterocycles. The largest absolute Gasteiger partial charge is 0.492 e. The lowest BCUT2D eigenvalue weighted by atomic mass is 10.2. The van der Waals surface area contributed by atoms with Crippen LogP contribution in [0.4, 0.5) is 10.1 Å². The number of carbonyl (C=O) groups excluding carboxylic acids is 1. The highest BCUT2D eigenvalue weighted by molar-refractivity contribution is 5.95. The lowest BCUT2D eigenvalue weighted by molar-refractivity contribution is -0.122. The van der Waals surface area contributed by atoms with Gasteiger partial charge in [0.25, 0.3) is 5.91 Å². The highest BCUT2D eigenvalue weighted by Gasteiger charge is 2.17. The molecule has 2 aromatic carbocycles. The Morgan fingerprint density at radius 1 is 1.14 bits per heavy atom. The molecule has 0 saturated carbocycles.